The van der Waals surface area contributed by atoms with E-state index >= 15 is 0 Å². The molecule has 2 heterocycles. The molecule has 2 atom stereocenters. The molecule has 0 bridgehead atoms. The Morgan fingerprint density at radius 1 is 1.14 bits per heavy atom. The third-order valence-electron chi connectivity index (χ3n) is 6.74. The first kappa shape index (κ1) is 26.4. The van der Waals surface area contributed by atoms with E-state index in [1.54, 1.807) is 30.3 Å². The molecule has 0 spiro atoms. The zero-order valence-corrected chi connectivity index (χ0v) is 21.2. The highest BCUT2D eigenvalue weighted by atomic mass is 35.5. The average molecular weight is 533 g/mol. The molecule has 3 aromatic rings. The number of hydrogen-bond donors (Lipinski definition) is 5. The van der Waals surface area contributed by atoms with Crippen molar-refractivity contribution in [3.05, 3.63) is 74.0 Å². The van der Waals surface area contributed by atoms with Crippen molar-refractivity contribution in [1.82, 2.24) is 15.2 Å². The van der Waals surface area contributed by atoms with Gasteiger partial charge in [-0.3, -0.25) is 9.59 Å². The molecular formula is C26H30Cl2N4O4. The molecule has 4 rings (SSSR count). The number of likely N-dealkylation sites (tertiary alicyclic amines) is 1. The number of piperidine rings is 1. The van der Waals surface area contributed by atoms with E-state index in [9.17, 15) is 19.8 Å². The van der Waals surface area contributed by atoms with Crippen LogP contribution in [0.4, 0.5) is 0 Å². The molecule has 1 aliphatic rings. The lowest BCUT2D eigenvalue weighted by atomic mass is 9.96. The van der Waals surface area contributed by atoms with Crippen LogP contribution in [0.1, 0.15) is 30.1 Å². The van der Waals surface area contributed by atoms with Crippen LogP contribution in [-0.4, -0.2) is 58.2 Å². The maximum absolute atomic E-state index is 12.1. The smallest absolute Gasteiger partial charge is 0.248 e. The molecule has 8 nitrogen and oxygen atoms in total. The fraction of sp³-hybridized carbons (Fsp3) is 0.385. The quantitative estimate of drug-likeness (QED) is 0.288. The van der Waals surface area contributed by atoms with Gasteiger partial charge in [0.2, 0.25) is 11.5 Å². The first-order valence-electron chi connectivity index (χ1n) is 11.9. The summed E-state index contributed by atoms with van der Waals surface area (Å²) < 4.78 is 0. The Bertz CT molecular complexity index is 1270. The van der Waals surface area contributed by atoms with Crippen molar-refractivity contribution in [3.63, 3.8) is 0 Å². The number of nitrogens with two attached hydrogens (primary N) is 1. The second kappa shape index (κ2) is 11.6. The Labute approximate surface area is 219 Å². The number of phenols is 1. The van der Waals surface area contributed by atoms with Crippen molar-refractivity contribution in [1.29, 1.82) is 0 Å². The summed E-state index contributed by atoms with van der Waals surface area (Å²) >= 11 is 12.2. The third-order valence-corrected chi connectivity index (χ3v) is 7.18. The minimum atomic E-state index is -0.805. The number of pyridine rings is 1. The maximum Gasteiger partial charge on any atom is 0.248 e. The number of rotatable bonds is 9. The summed E-state index contributed by atoms with van der Waals surface area (Å²) in [5, 5.41) is 26.0. The summed E-state index contributed by atoms with van der Waals surface area (Å²) in [7, 11) is 0. The van der Waals surface area contributed by atoms with Crippen LogP contribution in [0.3, 0.4) is 0 Å². The van der Waals surface area contributed by atoms with Gasteiger partial charge in [0.25, 0.3) is 0 Å². The maximum atomic E-state index is 12.1. The summed E-state index contributed by atoms with van der Waals surface area (Å²) in [5.74, 6) is -0.733. The number of phenolic OH excluding ortho intramolecular Hbond substituents is 1. The zero-order chi connectivity index (χ0) is 25.8. The van der Waals surface area contributed by atoms with Crippen LogP contribution in [0.5, 0.6) is 5.75 Å². The van der Waals surface area contributed by atoms with Gasteiger partial charge < -0.3 is 31.1 Å². The van der Waals surface area contributed by atoms with Gasteiger partial charge >= 0.3 is 0 Å². The zero-order valence-electron chi connectivity index (χ0n) is 19.7. The van der Waals surface area contributed by atoms with Gasteiger partial charge in [-0.05, 0) is 73.8 Å². The molecule has 1 fully saturated rings. The van der Waals surface area contributed by atoms with Crippen LogP contribution in [-0.2, 0) is 11.2 Å². The molecule has 10 heteroatoms. The molecule has 0 saturated carbocycles. The van der Waals surface area contributed by atoms with E-state index in [4.69, 9.17) is 28.9 Å². The van der Waals surface area contributed by atoms with E-state index in [-0.39, 0.29) is 29.2 Å². The van der Waals surface area contributed by atoms with Gasteiger partial charge in [0, 0.05) is 40.6 Å². The van der Waals surface area contributed by atoms with E-state index < -0.39 is 6.10 Å². The van der Waals surface area contributed by atoms with Crippen molar-refractivity contribution in [2.75, 3.05) is 26.2 Å². The number of aromatic amines is 1. The van der Waals surface area contributed by atoms with Gasteiger partial charge in [-0.2, -0.15) is 0 Å². The lowest BCUT2D eigenvalue weighted by Gasteiger charge is -2.34. The predicted molar refractivity (Wildman–Crippen MR) is 142 cm³/mol. The second-order valence-corrected chi connectivity index (χ2v) is 10.2. The monoisotopic (exact) mass is 532 g/mol. The second-order valence-electron chi connectivity index (χ2n) is 9.37. The van der Waals surface area contributed by atoms with E-state index in [1.165, 1.54) is 12.1 Å². The number of benzene rings is 2. The van der Waals surface area contributed by atoms with Crippen molar-refractivity contribution >= 4 is 40.0 Å². The van der Waals surface area contributed by atoms with Crippen LogP contribution in [0, 0.1) is 5.92 Å². The summed E-state index contributed by atoms with van der Waals surface area (Å²) in [6.45, 7) is 2.50. The SMILES string of the molecule is NC(=O)C(Cc1cc(Cl)cc(Cl)c1)CN1CCC(NC[C@H](O)c2ccc(O)c3[nH]c(=O)ccc23)CC1. The van der Waals surface area contributed by atoms with Gasteiger partial charge in [-0.15, -0.1) is 0 Å². The number of amides is 1. The van der Waals surface area contributed by atoms with Gasteiger partial charge in [0.05, 0.1) is 17.5 Å². The number of aromatic nitrogens is 1. The fourth-order valence-electron chi connectivity index (χ4n) is 4.84. The van der Waals surface area contributed by atoms with E-state index in [2.05, 4.69) is 15.2 Å². The largest absolute Gasteiger partial charge is 0.506 e. The summed E-state index contributed by atoms with van der Waals surface area (Å²) in [6, 6.07) is 11.6. The standard InChI is InChI=1S/C26H30Cl2N4O4/c27-17-10-15(11-18(28)12-17)9-16(26(29)36)14-32-7-5-19(6-8-32)30-13-23(34)20-1-3-22(33)25-21(20)2-4-24(35)31-25/h1-4,10-12,16,19,23,30,33-34H,5-9,13-14H2,(H2,29,36)(H,31,35)/t16?,23-/m0/s1. The molecule has 36 heavy (non-hydrogen) atoms. The normalized spacial score (nSPS) is 16.8. The van der Waals surface area contributed by atoms with Gasteiger partial charge in [0.15, 0.2) is 0 Å². The number of carbonyl (C=O) groups is 1. The minimum absolute atomic E-state index is 0.0355. The molecule has 6 N–H and O–H groups in total. The number of aliphatic hydroxyl groups is 1. The molecule has 1 aromatic heterocycles. The Kier molecular flexibility index (Phi) is 8.54. The number of carbonyl (C=O) groups excluding carboxylic acids is 1. The number of nitrogens with one attached hydrogen (secondary N) is 2. The topological polar surface area (TPSA) is 132 Å². The Morgan fingerprint density at radius 3 is 2.50 bits per heavy atom. The van der Waals surface area contributed by atoms with Crippen LogP contribution < -0.4 is 16.6 Å². The van der Waals surface area contributed by atoms with Crippen molar-refractivity contribution in [2.45, 2.75) is 31.4 Å². The Hall–Kier alpha value is -2.62. The molecular weight excluding hydrogens is 503 g/mol. The Balaban J connectivity index is 1.30. The van der Waals surface area contributed by atoms with Gasteiger partial charge in [0.1, 0.15) is 5.75 Å². The summed E-state index contributed by atoms with van der Waals surface area (Å²) in [4.78, 5) is 28.6. The van der Waals surface area contributed by atoms with E-state index in [1.807, 2.05) is 0 Å². The predicted octanol–water partition coefficient (Wildman–Crippen LogP) is 2.97. The number of fused-ring (bicyclic) bond motifs is 1. The summed E-state index contributed by atoms with van der Waals surface area (Å²) in [6.07, 6.45) is 1.41. The number of primary amides is 1. The molecule has 0 aliphatic carbocycles. The highest BCUT2D eigenvalue weighted by Gasteiger charge is 2.25. The average Bonchev–Trinajstić information content (AvgIpc) is 2.83. The highest BCUT2D eigenvalue weighted by molar-refractivity contribution is 6.34. The molecule has 1 saturated heterocycles. The van der Waals surface area contributed by atoms with Crippen LogP contribution in [0.15, 0.2) is 47.3 Å². The molecule has 1 aliphatic heterocycles. The van der Waals surface area contributed by atoms with Crippen LogP contribution >= 0.6 is 23.2 Å². The lowest BCUT2D eigenvalue weighted by Crippen LogP contribution is -2.46. The molecule has 192 valence electrons. The molecule has 1 amide bonds. The first-order chi connectivity index (χ1) is 17.2. The fourth-order valence-corrected chi connectivity index (χ4v) is 5.41. The van der Waals surface area contributed by atoms with E-state index in [0.717, 1.165) is 31.5 Å². The van der Waals surface area contributed by atoms with E-state index in [0.29, 0.717) is 46.0 Å². The lowest BCUT2D eigenvalue weighted by molar-refractivity contribution is -0.122. The summed E-state index contributed by atoms with van der Waals surface area (Å²) in [5.41, 5.74) is 7.21. The number of halogens is 2. The van der Waals surface area contributed by atoms with Gasteiger partial charge in [-0.1, -0.05) is 29.3 Å². The van der Waals surface area contributed by atoms with Crippen molar-refractivity contribution < 1.29 is 15.0 Å². The number of H-pyrrole nitrogens is 1. The number of aliphatic hydroxyl groups excluding tert-OH is 1. The molecule has 0 radical (unpaired) electrons. The third kappa shape index (κ3) is 6.57. The minimum Gasteiger partial charge on any atom is -0.506 e. The number of nitrogens with zero attached hydrogens (tertiary/aromatic N) is 1. The Morgan fingerprint density at radius 2 is 1.83 bits per heavy atom. The number of aromatic hydroxyl groups is 1. The molecule has 1 unspecified atom stereocenters. The van der Waals surface area contributed by atoms with Crippen LogP contribution in [0.2, 0.25) is 10.0 Å². The number of hydrogen-bond acceptors (Lipinski definition) is 6. The molecule has 2 aromatic carbocycles. The van der Waals surface area contributed by atoms with Gasteiger partial charge in [-0.25, -0.2) is 0 Å². The first-order valence-corrected chi connectivity index (χ1v) is 12.7. The van der Waals surface area contributed by atoms with Crippen molar-refractivity contribution in [2.24, 2.45) is 11.7 Å². The van der Waals surface area contributed by atoms with Crippen LogP contribution in [0.25, 0.3) is 10.9 Å². The van der Waals surface area contributed by atoms with Crippen molar-refractivity contribution in [3.8, 4) is 5.75 Å². The highest BCUT2D eigenvalue weighted by Crippen LogP contribution is 2.29.